The summed E-state index contributed by atoms with van der Waals surface area (Å²) in [5, 5.41) is 2.99. The predicted octanol–water partition coefficient (Wildman–Crippen LogP) is 3.60. The van der Waals surface area contributed by atoms with E-state index < -0.39 is 6.04 Å². The number of amides is 2. The molecule has 0 fully saturated rings. The number of benzene rings is 2. The van der Waals surface area contributed by atoms with E-state index in [1.807, 2.05) is 62.4 Å². The van der Waals surface area contributed by atoms with Gasteiger partial charge >= 0.3 is 0 Å². The second-order valence-corrected chi connectivity index (χ2v) is 7.34. The van der Waals surface area contributed by atoms with E-state index in [0.717, 1.165) is 21.2 Å². The van der Waals surface area contributed by atoms with Crippen LogP contribution in [0.15, 0.2) is 53.0 Å². The Hall–Kier alpha value is -2.14. The molecule has 1 aliphatic rings. The van der Waals surface area contributed by atoms with E-state index in [1.54, 1.807) is 4.90 Å². The summed E-state index contributed by atoms with van der Waals surface area (Å²) in [6.07, 6.45) is 0.350. The highest BCUT2D eigenvalue weighted by molar-refractivity contribution is 9.10. The quantitative estimate of drug-likeness (QED) is 0.851. The molecule has 1 N–H and O–H groups in total. The third kappa shape index (κ3) is 3.61. The molecule has 1 atom stereocenters. The normalized spacial score (nSPS) is 16.7. The molecule has 1 heterocycles. The van der Waals surface area contributed by atoms with Gasteiger partial charge in [0.2, 0.25) is 11.8 Å². The zero-order chi connectivity index (χ0) is 18.0. The average molecular weight is 401 g/mol. The van der Waals surface area contributed by atoms with Crippen molar-refractivity contribution in [1.29, 1.82) is 0 Å². The van der Waals surface area contributed by atoms with E-state index in [4.69, 9.17) is 0 Å². The van der Waals surface area contributed by atoms with Crippen LogP contribution in [-0.4, -0.2) is 22.8 Å². The Morgan fingerprint density at radius 2 is 1.88 bits per heavy atom. The van der Waals surface area contributed by atoms with Crippen molar-refractivity contribution in [3.63, 3.8) is 0 Å². The Labute approximate surface area is 156 Å². The standard InChI is InChI=1S/C20H21BrN2O2/c1-13(2)23-18(24)11-14-7-3-5-9-16(14)19(23)20(25)22-12-15-8-4-6-10-17(15)21/h3-10,13,19H,11-12H2,1-2H3,(H,22,25). The van der Waals surface area contributed by atoms with Crippen LogP contribution in [0.5, 0.6) is 0 Å². The van der Waals surface area contributed by atoms with E-state index in [-0.39, 0.29) is 17.9 Å². The van der Waals surface area contributed by atoms with Crippen LogP contribution in [0.2, 0.25) is 0 Å². The first-order chi connectivity index (χ1) is 12.0. The lowest BCUT2D eigenvalue weighted by molar-refractivity contribution is -0.143. The highest BCUT2D eigenvalue weighted by Gasteiger charge is 2.38. The molecule has 0 saturated carbocycles. The maximum atomic E-state index is 13.0. The van der Waals surface area contributed by atoms with E-state index >= 15 is 0 Å². The van der Waals surface area contributed by atoms with Crippen LogP contribution in [0.4, 0.5) is 0 Å². The fourth-order valence-electron chi connectivity index (χ4n) is 3.28. The van der Waals surface area contributed by atoms with Crippen molar-refractivity contribution in [2.75, 3.05) is 0 Å². The molecule has 4 nitrogen and oxygen atoms in total. The number of carbonyl (C=O) groups is 2. The third-order valence-electron chi connectivity index (χ3n) is 4.47. The lowest BCUT2D eigenvalue weighted by Gasteiger charge is -2.39. The summed E-state index contributed by atoms with van der Waals surface area (Å²) < 4.78 is 0.955. The monoisotopic (exact) mass is 400 g/mol. The Morgan fingerprint density at radius 3 is 2.60 bits per heavy atom. The number of nitrogens with zero attached hydrogens (tertiary/aromatic N) is 1. The number of hydrogen-bond donors (Lipinski definition) is 1. The van der Waals surface area contributed by atoms with Gasteiger partial charge in [0.15, 0.2) is 0 Å². The smallest absolute Gasteiger partial charge is 0.247 e. The summed E-state index contributed by atoms with van der Waals surface area (Å²) in [6, 6.07) is 14.9. The number of fused-ring (bicyclic) bond motifs is 1. The van der Waals surface area contributed by atoms with Crippen LogP contribution in [0, 0.1) is 0 Å². The van der Waals surface area contributed by atoms with Crippen molar-refractivity contribution in [2.24, 2.45) is 0 Å². The Morgan fingerprint density at radius 1 is 1.20 bits per heavy atom. The van der Waals surface area contributed by atoms with Crippen LogP contribution in [0.3, 0.4) is 0 Å². The molecule has 130 valence electrons. The summed E-state index contributed by atoms with van der Waals surface area (Å²) in [5.41, 5.74) is 2.85. The molecule has 3 rings (SSSR count). The number of carbonyl (C=O) groups excluding carboxylic acids is 2. The van der Waals surface area contributed by atoms with Gasteiger partial charge < -0.3 is 10.2 Å². The van der Waals surface area contributed by atoms with Gasteiger partial charge in [-0.25, -0.2) is 0 Å². The number of rotatable bonds is 4. The summed E-state index contributed by atoms with van der Waals surface area (Å²) in [6.45, 7) is 4.30. The lowest BCUT2D eigenvalue weighted by atomic mass is 9.90. The van der Waals surface area contributed by atoms with Gasteiger partial charge in [-0.05, 0) is 36.6 Å². The van der Waals surface area contributed by atoms with Crippen molar-refractivity contribution in [1.82, 2.24) is 10.2 Å². The molecule has 0 spiro atoms. The van der Waals surface area contributed by atoms with Gasteiger partial charge in [0.25, 0.3) is 0 Å². The van der Waals surface area contributed by atoms with E-state index in [0.29, 0.717) is 13.0 Å². The van der Waals surface area contributed by atoms with Gasteiger partial charge in [0, 0.05) is 17.1 Å². The Bertz CT molecular complexity index is 804. The van der Waals surface area contributed by atoms with E-state index in [9.17, 15) is 9.59 Å². The van der Waals surface area contributed by atoms with Gasteiger partial charge in [-0.1, -0.05) is 58.4 Å². The molecule has 0 aliphatic carbocycles. The number of halogens is 1. The second kappa shape index (κ2) is 7.40. The first-order valence-electron chi connectivity index (χ1n) is 8.39. The molecule has 2 amide bonds. The summed E-state index contributed by atoms with van der Waals surface area (Å²) in [5.74, 6) is -0.153. The summed E-state index contributed by atoms with van der Waals surface area (Å²) >= 11 is 3.50. The minimum Gasteiger partial charge on any atom is -0.350 e. The number of hydrogen-bond acceptors (Lipinski definition) is 2. The molecule has 1 unspecified atom stereocenters. The highest BCUT2D eigenvalue weighted by atomic mass is 79.9. The maximum Gasteiger partial charge on any atom is 0.247 e. The zero-order valence-corrected chi connectivity index (χ0v) is 15.9. The largest absolute Gasteiger partial charge is 0.350 e. The van der Waals surface area contributed by atoms with Crippen LogP contribution >= 0.6 is 15.9 Å². The first kappa shape index (κ1) is 17.7. The van der Waals surface area contributed by atoms with Gasteiger partial charge in [-0.3, -0.25) is 9.59 Å². The molecular formula is C20H21BrN2O2. The molecule has 0 aromatic heterocycles. The van der Waals surface area contributed by atoms with Gasteiger partial charge in [0.1, 0.15) is 6.04 Å². The van der Waals surface area contributed by atoms with Crippen LogP contribution < -0.4 is 5.32 Å². The van der Waals surface area contributed by atoms with Crippen molar-refractivity contribution < 1.29 is 9.59 Å². The predicted molar refractivity (Wildman–Crippen MR) is 101 cm³/mol. The Balaban J connectivity index is 1.88. The molecular weight excluding hydrogens is 380 g/mol. The topological polar surface area (TPSA) is 49.4 Å². The van der Waals surface area contributed by atoms with Crippen molar-refractivity contribution >= 4 is 27.7 Å². The van der Waals surface area contributed by atoms with Crippen molar-refractivity contribution in [2.45, 2.75) is 38.9 Å². The first-order valence-corrected chi connectivity index (χ1v) is 9.18. The second-order valence-electron chi connectivity index (χ2n) is 6.48. The minimum atomic E-state index is -0.583. The van der Waals surface area contributed by atoms with E-state index in [2.05, 4.69) is 21.2 Å². The molecule has 0 radical (unpaired) electrons. The fourth-order valence-corrected chi connectivity index (χ4v) is 3.71. The van der Waals surface area contributed by atoms with Crippen LogP contribution in [-0.2, 0) is 22.6 Å². The summed E-state index contributed by atoms with van der Waals surface area (Å²) in [7, 11) is 0. The van der Waals surface area contributed by atoms with Crippen LogP contribution in [0.25, 0.3) is 0 Å². The Kier molecular flexibility index (Phi) is 5.23. The van der Waals surface area contributed by atoms with Crippen molar-refractivity contribution in [3.05, 3.63) is 69.7 Å². The molecule has 5 heteroatoms. The maximum absolute atomic E-state index is 13.0. The highest BCUT2D eigenvalue weighted by Crippen LogP contribution is 2.32. The molecule has 2 aromatic carbocycles. The van der Waals surface area contributed by atoms with Crippen LogP contribution in [0.1, 0.15) is 36.6 Å². The summed E-state index contributed by atoms with van der Waals surface area (Å²) in [4.78, 5) is 27.3. The average Bonchev–Trinajstić information content (AvgIpc) is 2.59. The fraction of sp³-hybridized carbons (Fsp3) is 0.300. The number of nitrogens with one attached hydrogen (secondary N) is 1. The molecule has 25 heavy (non-hydrogen) atoms. The molecule has 1 aliphatic heterocycles. The zero-order valence-electron chi connectivity index (χ0n) is 14.3. The SMILES string of the molecule is CC(C)N1C(=O)Cc2ccccc2C1C(=O)NCc1ccccc1Br. The van der Waals surface area contributed by atoms with E-state index in [1.165, 1.54) is 0 Å². The van der Waals surface area contributed by atoms with Gasteiger partial charge in [0.05, 0.1) is 6.42 Å². The minimum absolute atomic E-state index is 0.00487. The third-order valence-corrected chi connectivity index (χ3v) is 5.25. The van der Waals surface area contributed by atoms with Gasteiger partial charge in [-0.15, -0.1) is 0 Å². The molecule has 0 bridgehead atoms. The molecule has 2 aromatic rings. The van der Waals surface area contributed by atoms with Crippen molar-refractivity contribution in [3.8, 4) is 0 Å². The van der Waals surface area contributed by atoms with Gasteiger partial charge in [-0.2, -0.15) is 0 Å². The lowest BCUT2D eigenvalue weighted by Crippen LogP contribution is -2.50. The molecule has 0 saturated heterocycles.